The molecule has 0 fully saturated rings. The monoisotopic (exact) mass is 310 g/mol. The van der Waals surface area contributed by atoms with Crippen molar-refractivity contribution in [3.05, 3.63) is 34.1 Å². The van der Waals surface area contributed by atoms with Crippen molar-refractivity contribution in [2.24, 2.45) is 0 Å². The zero-order valence-corrected chi connectivity index (χ0v) is 11.1. The van der Waals surface area contributed by atoms with Crippen LogP contribution in [-0.2, 0) is 0 Å². The van der Waals surface area contributed by atoms with Crippen molar-refractivity contribution in [2.75, 3.05) is 5.73 Å². The molecule has 2 aromatic rings. The first-order chi connectivity index (χ1) is 8.58. The maximum atomic E-state index is 12.0. The molecule has 0 aliphatic rings. The molecule has 0 aliphatic carbocycles. The van der Waals surface area contributed by atoms with Crippen LogP contribution in [0.1, 0.15) is 29.1 Å². The van der Waals surface area contributed by atoms with Crippen LogP contribution in [-0.4, -0.2) is 26.5 Å². The zero-order chi connectivity index (χ0) is 13.1. The highest BCUT2D eigenvalue weighted by atomic mass is 79.9. The Labute approximate surface area is 111 Å². The maximum Gasteiger partial charge on any atom is 0.253 e. The SMILES string of the molecule is CC(NC(=O)c1cc(Br)ccc1N)c1nn[nH]n1. The number of carbonyl (C=O) groups excluding carboxylic acids is 1. The number of H-pyrrole nitrogens is 1. The van der Waals surface area contributed by atoms with Crippen LogP contribution in [0.2, 0.25) is 0 Å². The van der Waals surface area contributed by atoms with E-state index in [0.29, 0.717) is 17.1 Å². The number of anilines is 1. The molecule has 18 heavy (non-hydrogen) atoms. The molecule has 1 unspecified atom stereocenters. The molecule has 1 aromatic carbocycles. The lowest BCUT2D eigenvalue weighted by molar-refractivity contribution is 0.0939. The molecule has 1 atom stereocenters. The molecular weight excluding hydrogens is 300 g/mol. The van der Waals surface area contributed by atoms with Crippen LogP contribution < -0.4 is 11.1 Å². The average molecular weight is 311 g/mol. The topological polar surface area (TPSA) is 110 Å². The fourth-order valence-corrected chi connectivity index (χ4v) is 1.78. The first kappa shape index (κ1) is 12.5. The molecule has 1 amide bonds. The molecule has 2 rings (SSSR count). The van der Waals surface area contributed by atoms with Crippen LogP contribution in [0.15, 0.2) is 22.7 Å². The first-order valence-corrected chi connectivity index (χ1v) is 5.96. The van der Waals surface area contributed by atoms with E-state index in [1.165, 1.54) is 0 Å². The Bertz CT molecular complexity index is 556. The number of hydrogen-bond donors (Lipinski definition) is 3. The number of nitrogens with one attached hydrogen (secondary N) is 2. The number of hydrogen-bond acceptors (Lipinski definition) is 5. The molecule has 0 spiro atoms. The smallest absolute Gasteiger partial charge is 0.253 e. The van der Waals surface area contributed by atoms with E-state index in [-0.39, 0.29) is 11.9 Å². The minimum atomic E-state index is -0.352. The van der Waals surface area contributed by atoms with Crippen LogP contribution >= 0.6 is 15.9 Å². The van der Waals surface area contributed by atoms with Crippen molar-refractivity contribution in [1.29, 1.82) is 0 Å². The van der Waals surface area contributed by atoms with E-state index in [1.54, 1.807) is 25.1 Å². The quantitative estimate of drug-likeness (QED) is 0.734. The Balaban J connectivity index is 2.15. The summed E-state index contributed by atoms with van der Waals surface area (Å²) in [5, 5.41) is 16.1. The van der Waals surface area contributed by atoms with Crippen molar-refractivity contribution >= 4 is 27.5 Å². The molecule has 8 heteroatoms. The second-order valence-electron chi connectivity index (χ2n) is 3.70. The minimum Gasteiger partial charge on any atom is -0.398 e. The van der Waals surface area contributed by atoms with E-state index >= 15 is 0 Å². The van der Waals surface area contributed by atoms with Crippen molar-refractivity contribution in [1.82, 2.24) is 25.9 Å². The fourth-order valence-electron chi connectivity index (χ4n) is 1.42. The van der Waals surface area contributed by atoms with E-state index in [1.807, 2.05) is 0 Å². The van der Waals surface area contributed by atoms with Gasteiger partial charge in [-0.05, 0) is 25.1 Å². The highest BCUT2D eigenvalue weighted by molar-refractivity contribution is 9.10. The number of tetrazole rings is 1. The van der Waals surface area contributed by atoms with Gasteiger partial charge in [-0.2, -0.15) is 5.21 Å². The first-order valence-electron chi connectivity index (χ1n) is 5.17. The third kappa shape index (κ3) is 2.65. The Morgan fingerprint density at radius 3 is 3.00 bits per heavy atom. The second kappa shape index (κ2) is 5.13. The van der Waals surface area contributed by atoms with Crippen LogP contribution in [0.3, 0.4) is 0 Å². The van der Waals surface area contributed by atoms with Gasteiger partial charge >= 0.3 is 0 Å². The van der Waals surface area contributed by atoms with Gasteiger partial charge in [0, 0.05) is 10.2 Å². The number of nitrogens with zero attached hydrogens (tertiary/aromatic N) is 3. The lowest BCUT2D eigenvalue weighted by Gasteiger charge is -2.11. The summed E-state index contributed by atoms with van der Waals surface area (Å²) < 4.78 is 0.786. The van der Waals surface area contributed by atoms with Gasteiger partial charge < -0.3 is 11.1 Å². The Hall–Kier alpha value is -1.96. The number of nitrogens with two attached hydrogens (primary N) is 1. The summed E-state index contributed by atoms with van der Waals surface area (Å²) in [5.41, 5.74) is 6.57. The van der Waals surface area contributed by atoms with Crippen LogP contribution in [0.5, 0.6) is 0 Å². The number of benzene rings is 1. The summed E-state index contributed by atoms with van der Waals surface area (Å²) in [6, 6.07) is 4.75. The average Bonchev–Trinajstić information content (AvgIpc) is 2.85. The third-order valence-electron chi connectivity index (χ3n) is 2.36. The number of rotatable bonds is 3. The molecule has 0 aliphatic heterocycles. The third-order valence-corrected chi connectivity index (χ3v) is 2.85. The molecule has 0 radical (unpaired) electrons. The number of nitrogen functional groups attached to an aromatic ring is 1. The number of carbonyl (C=O) groups is 1. The highest BCUT2D eigenvalue weighted by Gasteiger charge is 2.16. The Morgan fingerprint density at radius 2 is 2.33 bits per heavy atom. The van der Waals surface area contributed by atoms with Gasteiger partial charge in [0.15, 0.2) is 5.82 Å². The Morgan fingerprint density at radius 1 is 1.56 bits per heavy atom. The van der Waals surface area contributed by atoms with Crippen molar-refractivity contribution in [3.8, 4) is 0 Å². The van der Waals surface area contributed by atoms with Gasteiger partial charge in [0.1, 0.15) is 0 Å². The maximum absolute atomic E-state index is 12.0. The number of halogens is 1. The fraction of sp³-hybridized carbons (Fsp3) is 0.200. The summed E-state index contributed by atoms with van der Waals surface area (Å²) >= 11 is 3.29. The summed E-state index contributed by atoms with van der Waals surface area (Å²) in [6.07, 6.45) is 0. The molecule has 94 valence electrons. The van der Waals surface area contributed by atoms with Crippen LogP contribution in [0, 0.1) is 0 Å². The van der Waals surface area contributed by atoms with Crippen LogP contribution in [0.4, 0.5) is 5.69 Å². The summed E-state index contributed by atoms with van der Waals surface area (Å²) in [7, 11) is 0. The number of aromatic amines is 1. The van der Waals surface area contributed by atoms with Gasteiger partial charge in [0.2, 0.25) is 0 Å². The summed E-state index contributed by atoms with van der Waals surface area (Å²) in [4.78, 5) is 12.0. The predicted octanol–water partition coefficient (Wildman–Crippen LogP) is 1.04. The van der Waals surface area contributed by atoms with E-state index < -0.39 is 0 Å². The van der Waals surface area contributed by atoms with Crippen LogP contribution in [0.25, 0.3) is 0 Å². The molecule has 1 heterocycles. The molecule has 1 aromatic heterocycles. The lowest BCUT2D eigenvalue weighted by Crippen LogP contribution is -2.28. The molecule has 7 nitrogen and oxygen atoms in total. The van der Waals surface area contributed by atoms with E-state index in [0.717, 1.165) is 4.47 Å². The zero-order valence-electron chi connectivity index (χ0n) is 9.51. The van der Waals surface area contributed by atoms with Gasteiger partial charge in [-0.15, -0.1) is 10.2 Å². The van der Waals surface area contributed by atoms with Gasteiger partial charge in [0.05, 0.1) is 11.6 Å². The highest BCUT2D eigenvalue weighted by Crippen LogP contribution is 2.19. The number of amides is 1. The largest absolute Gasteiger partial charge is 0.398 e. The van der Waals surface area contributed by atoms with Gasteiger partial charge in [0.25, 0.3) is 5.91 Å². The molecule has 4 N–H and O–H groups in total. The molecule has 0 saturated heterocycles. The molecular formula is C10H11BrN6O. The van der Waals surface area contributed by atoms with Crippen molar-refractivity contribution in [3.63, 3.8) is 0 Å². The van der Waals surface area contributed by atoms with Gasteiger partial charge in [-0.1, -0.05) is 21.1 Å². The Kier molecular flexibility index (Phi) is 3.56. The van der Waals surface area contributed by atoms with Crippen molar-refractivity contribution < 1.29 is 4.79 Å². The van der Waals surface area contributed by atoms with E-state index in [2.05, 4.69) is 41.9 Å². The minimum absolute atomic E-state index is 0.286. The summed E-state index contributed by atoms with van der Waals surface area (Å²) in [6.45, 7) is 1.76. The predicted molar refractivity (Wildman–Crippen MR) is 68.6 cm³/mol. The second-order valence-corrected chi connectivity index (χ2v) is 4.61. The van der Waals surface area contributed by atoms with E-state index in [4.69, 9.17) is 5.73 Å². The molecule has 0 saturated carbocycles. The summed E-state index contributed by atoms with van der Waals surface area (Å²) in [5.74, 6) is 0.128. The van der Waals surface area contributed by atoms with E-state index in [9.17, 15) is 4.79 Å². The standard InChI is InChI=1S/C10H11BrN6O/c1-5(9-14-16-17-15-9)13-10(18)7-4-6(11)2-3-8(7)12/h2-5H,12H2,1H3,(H,13,18)(H,14,15,16,17). The number of aromatic nitrogens is 4. The van der Waals surface area contributed by atoms with Gasteiger partial charge in [-0.25, -0.2) is 0 Å². The normalized spacial score (nSPS) is 12.1. The van der Waals surface area contributed by atoms with Crippen molar-refractivity contribution in [2.45, 2.75) is 13.0 Å². The van der Waals surface area contributed by atoms with Gasteiger partial charge in [-0.3, -0.25) is 4.79 Å². The molecule has 0 bridgehead atoms. The lowest BCUT2D eigenvalue weighted by atomic mass is 10.1.